The SMILES string of the molecule is O=C(CCCc1ccc(Cl)c(Cl)c1)NCCC1CCCNC1. The summed E-state index contributed by atoms with van der Waals surface area (Å²) in [7, 11) is 0. The van der Waals surface area contributed by atoms with E-state index in [1.807, 2.05) is 12.1 Å². The summed E-state index contributed by atoms with van der Waals surface area (Å²) < 4.78 is 0. The molecule has 1 atom stereocenters. The van der Waals surface area contributed by atoms with Crippen molar-refractivity contribution in [3.63, 3.8) is 0 Å². The highest BCUT2D eigenvalue weighted by Crippen LogP contribution is 2.23. The third kappa shape index (κ3) is 6.15. The fourth-order valence-corrected chi connectivity index (χ4v) is 3.14. The monoisotopic (exact) mass is 342 g/mol. The highest BCUT2D eigenvalue weighted by molar-refractivity contribution is 6.42. The lowest BCUT2D eigenvalue weighted by atomic mass is 9.96. The van der Waals surface area contributed by atoms with E-state index in [0.29, 0.717) is 22.4 Å². The molecule has 0 saturated carbocycles. The van der Waals surface area contributed by atoms with E-state index in [9.17, 15) is 4.79 Å². The number of carbonyl (C=O) groups excluding carboxylic acids is 1. The molecular weight excluding hydrogens is 319 g/mol. The molecule has 1 fully saturated rings. The van der Waals surface area contributed by atoms with Gasteiger partial charge in [-0.3, -0.25) is 4.79 Å². The van der Waals surface area contributed by atoms with Crippen LogP contribution in [0.3, 0.4) is 0 Å². The molecule has 1 unspecified atom stereocenters. The van der Waals surface area contributed by atoms with Crippen molar-refractivity contribution in [3.8, 4) is 0 Å². The molecule has 122 valence electrons. The summed E-state index contributed by atoms with van der Waals surface area (Å²) in [4.78, 5) is 11.8. The van der Waals surface area contributed by atoms with Crippen molar-refractivity contribution in [2.24, 2.45) is 5.92 Å². The first-order chi connectivity index (χ1) is 10.6. The van der Waals surface area contributed by atoms with Gasteiger partial charge in [0.05, 0.1) is 10.0 Å². The van der Waals surface area contributed by atoms with Crippen LogP contribution in [0.1, 0.15) is 37.7 Å². The number of piperidine rings is 1. The van der Waals surface area contributed by atoms with Gasteiger partial charge in [-0.2, -0.15) is 0 Å². The number of benzene rings is 1. The summed E-state index contributed by atoms with van der Waals surface area (Å²) in [5.41, 5.74) is 1.12. The second-order valence-corrected chi connectivity index (χ2v) is 6.77. The van der Waals surface area contributed by atoms with Crippen LogP contribution >= 0.6 is 23.2 Å². The van der Waals surface area contributed by atoms with Gasteiger partial charge in [0.15, 0.2) is 0 Å². The van der Waals surface area contributed by atoms with Gasteiger partial charge in [0.25, 0.3) is 0 Å². The van der Waals surface area contributed by atoms with Crippen LogP contribution in [0.15, 0.2) is 18.2 Å². The van der Waals surface area contributed by atoms with Crippen molar-refractivity contribution < 1.29 is 4.79 Å². The fraction of sp³-hybridized carbons (Fsp3) is 0.588. The number of hydrogen-bond donors (Lipinski definition) is 2. The minimum Gasteiger partial charge on any atom is -0.356 e. The maximum atomic E-state index is 11.8. The molecule has 3 nitrogen and oxygen atoms in total. The molecule has 2 N–H and O–H groups in total. The second-order valence-electron chi connectivity index (χ2n) is 5.95. The number of nitrogens with one attached hydrogen (secondary N) is 2. The Morgan fingerprint density at radius 2 is 2.18 bits per heavy atom. The first kappa shape index (κ1) is 17.6. The molecule has 2 rings (SSSR count). The zero-order valence-electron chi connectivity index (χ0n) is 12.8. The van der Waals surface area contributed by atoms with Gasteiger partial charge >= 0.3 is 0 Å². The number of halogens is 2. The van der Waals surface area contributed by atoms with Crippen molar-refractivity contribution in [1.29, 1.82) is 0 Å². The lowest BCUT2D eigenvalue weighted by Gasteiger charge is -2.22. The van der Waals surface area contributed by atoms with E-state index in [-0.39, 0.29) is 5.91 Å². The summed E-state index contributed by atoms with van der Waals surface area (Å²) in [5.74, 6) is 0.856. The maximum absolute atomic E-state index is 11.8. The molecule has 1 saturated heterocycles. The van der Waals surface area contributed by atoms with E-state index in [0.717, 1.165) is 44.5 Å². The summed E-state index contributed by atoms with van der Waals surface area (Å²) in [5, 5.41) is 7.57. The van der Waals surface area contributed by atoms with Crippen LogP contribution < -0.4 is 10.6 Å². The van der Waals surface area contributed by atoms with Crippen LogP contribution in [0.4, 0.5) is 0 Å². The number of aryl methyl sites for hydroxylation is 1. The smallest absolute Gasteiger partial charge is 0.220 e. The first-order valence-corrected chi connectivity index (χ1v) is 8.82. The summed E-state index contributed by atoms with van der Waals surface area (Å²) >= 11 is 11.9. The van der Waals surface area contributed by atoms with Crippen molar-refractivity contribution >= 4 is 29.1 Å². The molecule has 1 aromatic rings. The average Bonchev–Trinajstić information content (AvgIpc) is 2.52. The van der Waals surface area contributed by atoms with E-state index in [1.165, 1.54) is 12.8 Å². The lowest BCUT2D eigenvalue weighted by molar-refractivity contribution is -0.121. The zero-order valence-corrected chi connectivity index (χ0v) is 14.3. The van der Waals surface area contributed by atoms with E-state index in [2.05, 4.69) is 10.6 Å². The van der Waals surface area contributed by atoms with Crippen molar-refractivity contribution in [2.75, 3.05) is 19.6 Å². The van der Waals surface area contributed by atoms with Crippen LogP contribution in [0, 0.1) is 5.92 Å². The Labute approximate surface area is 142 Å². The minimum absolute atomic E-state index is 0.142. The average molecular weight is 343 g/mol. The maximum Gasteiger partial charge on any atom is 0.220 e. The Morgan fingerprint density at radius 1 is 1.32 bits per heavy atom. The molecule has 1 aliphatic heterocycles. The van der Waals surface area contributed by atoms with Gasteiger partial charge in [-0.25, -0.2) is 0 Å². The van der Waals surface area contributed by atoms with Gasteiger partial charge in [-0.1, -0.05) is 29.3 Å². The van der Waals surface area contributed by atoms with Crippen molar-refractivity contribution in [2.45, 2.75) is 38.5 Å². The summed E-state index contributed by atoms with van der Waals surface area (Å²) in [6, 6.07) is 5.64. The summed E-state index contributed by atoms with van der Waals surface area (Å²) in [6.07, 6.45) is 5.84. The predicted molar refractivity (Wildman–Crippen MR) is 92.6 cm³/mol. The molecule has 0 spiro atoms. The number of hydrogen-bond acceptors (Lipinski definition) is 2. The Kier molecular flexibility index (Phi) is 7.50. The largest absolute Gasteiger partial charge is 0.356 e. The number of amides is 1. The predicted octanol–water partition coefficient (Wildman–Crippen LogP) is 3.82. The Bertz CT molecular complexity index is 488. The van der Waals surface area contributed by atoms with Gasteiger partial charge in [0, 0.05) is 13.0 Å². The Hall–Kier alpha value is -0.770. The van der Waals surface area contributed by atoms with Crippen molar-refractivity contribution in [1.82, 2.24) is 10.6 Å². The van der Waals surface area contributed by atoms with Gasteiger partial charge in [-0.15, -0.1) is 0 Å². The van der Waals surface area contributed by atoms with Gasteiger partial charge in [-0.05, 0) is 68.8 Å². The highest BCUT2D eigenvalue weighted by Gasteiger charge is 2.12. The summed E-state index contributed by atoms with van der Waals surface area (Å²) in [6.45, 7) is 3.02. The van der Waals surface area contributed by atoms with Gasteiger partial charge in [0.2, 0.25) is 5.91 Å². The Morgan fingerprint density at radius 3 is 2.91 bits per heavy atom. The van der Waals surface area contributed by atoms with Crippen LogP contribution in [-0.2, 0) is 11.2 Å². The fourth-order valence-electron chi connectivity index (χ4n) is 2.82. The van der Waals surface area contributed by atoms with Crippen LogP contribution in [0.2, 0.25) is 10.0 Å². The molecule has 22 heavy (non-hydrogen) atoms. The van der Waals surface area contributed by atoms with E-state index in [4.69, 9.17) is 23.2 Å². The third-order valence-corrected chi connectivity index (χ3v) is 4.87. The normalized spacial score (nSPS) is 18.2. The lowest BCUT2D eigenvalue weighted by Crippen LogP contribution is -2.33. The Balaban J connectivity index is 1.58. The third-order valence-electron chi connectivity index (χ3n) is 4.13. The first-order valence-electron chi connectivity index (χ1n) is 8.06. The van der Waals surface area contributed by atoms with Crippen LogP contribution in [0.25, 0.3) is 0 Å². The molecule has 0 bridgehead atoms. The molecule has 0 aromatic heterocycles. The van der Waals surface area contributed by atoms with E-state index >= 15 is 0 Å². The quantitative estimate of drug-likeness (QED) is 0.790. The molecule has 1 amide bonds. The minimum atomic E-state index is 0.142. The topological polar surface area (TPSA) is 41.1 Å². The van der Waals surface area contributed by atoms with Crippen LogP contribution in [0.5, 0.6) is 0 Å². The standard InChI is InChI=1S/C17H24Cl2N2O/c18-15-7-6-13(11-16(15)19)3-1-5-17(22)21-10-8-14-4-2-9-20-12-14/h6-7,11,14,20H,1-5,8-10,12H2,(H,21,22). The molecule has 5 heteroatoms. The second kappa shape index (κ2) is 9.39. The molecule has 0 radical (unpaired) electrons. The molecule has 0 aliphatic carbocycles. The number of rotatable bonds is 7. The molecule has 1 aromatic carbocycles. The molecule has 1 heterocycles. The van der Waals surface area contributed by atoms with Gasteiger partial charge in [0.1, 0.15) is 0 Å². The molecular formula is C17H24Cl2N2O. The number of carbonyl (C=O) groups is 1. The highest BCUT2D eigenvalue weighted by atomic mass is 35.5. The zero-order chi connectivity index (χ0) is 15.8. The van der Waals surface area contributed by atoms with Gasteiger partial charge < -0.3 is 10.6 Å². The molecule has 1 aliphatic rings. The van der Waals surface area contributed by atoms with Crippen molar-refractivity contribution in [3.05, 3.63) is 33.8 Å². The van der Waals surface area contributed by atoms with E-state index in [1.54, 1.807) is 6.07 Å². The van der Waals surface area contributed by atoms with Crippen LogP contribution in [-0.4, -0.2) is 25.5 Å². The van der Waals surface area contributed by atoms with E-state index < -0.39 is 0 Å².